The SMILES string of the molecule is CCC1c2nncn2-c2cnc(N/C=C\NC)nc2N1c1cn[nH]c1. The summed E-state index contributed by atoms with van der Waals surface area (Å²) in [6.45, 7) is 2.11. The third-order valence-electron chi connectivity index (χ3n) is 4.03. The Morgan fingerprint density at radius 3 is 3.00 bits per heavy atom. The van der Waals surface area contributed by atoms with Crippen LogP contribution in [0.5, 0.6) is 0 Å². The average molecular weight is 338 g/mol. The maximum atomic E-state index is 4.71. The lowest BCUT2D eigenvalue weighted by molar-refractivity contribution is 0.590. The summed E-state index contributed by atoms with van der Waals surface area (Å²) in [7, 11) is 1.83. The Bertz CT molecular complexity index is 882. The molecule has 3 aromatic rings. The first-order valence-corrected chi connectivity index (χ1v) is 7.97. The molecule has 4 heterocycles. The number of fused-ring (bicyclic) bond motifs is 3. The molecule has 0 fully saturated rings. The Morgan fingerprint density at radius 1 is 1.32 bits per heavy atom. The van der Waals surface area contributed by atoms with E-state index in [-0.39, 0.29) is 6.04 Å². The lowest BCUT2D eigenvalue weighted by Crippen LogP contribution is -2.32. The molecular weight excluding hydrogens is 320 g/mol. The molecule has 3 aromatic heterocycles. The molecule has 0 aromatic carbocycles. The smallest absolute Gasteiger partial charge is 0.228 e. The fraction of sp³-hybridized carbons (Fsp3) is 0.267. The molecule has 25 heavy (non-hydrogen) atoms. The Balaban J connectivity index is 1.85. The molecule has 4 rings (SSSR count). The van der Waals surface area contributed by atoms with Gasteiger partial charge in [-0.3, -0.25) is 9.67 Å². The van der Waals surface area contributed by atoms with E-state index in [0.29, 0.717) is 5.95 Å². The molecule has 0 saturated heterocycles. The molecular formula is C15H18N10. The van der Waals surface area contributed by atoms with E-state index >= 15 is 0 Å². The van der Waals surface area contributed by atoms with E-state index in [1.807, 2.05) is 17.8 Å². The zero-order valence-electron chi connectivity index (χ0n) is 13.9. The van der Waals surface area contributed by atoms with E-state index in [9.17, 15) is 0 Å². The van der Waals surface area contributed by atoms with Gasteiger partial charge in [-0.25, -0.2) is 4.98 Å². The highest BCUT2D eigenvalue weighted by Crippen LogP contribution is 2.42. The Morgan fingerprint density at radius 2 is 2.24 bits per heavy atom. The number of nitrogens with one attached hydrogen (secondary N) is 3. The molecule has 10 nitrogen and oxygen atoms in total. The van der Waals surface area contributed by atoms with Crippen molar-refractivity contribution >= 4 is 17.5 Å². The largest absolute Gasteiger partial charge is 0.393 e. The van der Waals surface area contributed by atoms with Gasteiger partial charge >= 0.3 is 0 Å². The van der Waals surface area contributed by atoms with Crippen LogP contribution in [-0.2, 0) is 0 Å². The summed E-state index contributed by atoms with van der Waals surface area (Å²) in [6.07, 6.45) is 11.4. The minimum Gasteiger partial charge on any atom is -0.393 e. The summed E-state index contributed by atoms with van der Waals surface area (Å²) in [6, 6.07) is 0.00296. The van der Waals surface area contributed by atoms with Gasteiger partial charge in [0.2, 0.25) is 5.95 Å². The van der Waals surface area contributed by atoms with E-state index in [4.69, 9.17) is 4.98 Å². The van der Waals surface area contributed by atoms with Crippen molar-refractivity contribution in [3.63, 3.8) is 0 Å². The molecule has 10 heteroatoms. The van der Waals surface area contributed by atoms with Crippen molar-refractivity contribution in [1.82, 2.24) is 40.2 Å². The summed E-state index contributed by atoms with van der Waals surface area (Å²) < 4.78 is 1.94. The average Bonchev–Trinajstić information content (AvgIpc) is 3.32. The molecule has 0 spiro atoms. The Hall–Kier alpha value is -3.43. The van der Waals surface area contributed by atoms with E-state index in [1.165, 1.54) is 0 Å². The number of aromatic amines is 1. The van der Waals surface area contributed by atoms with Gasteiger partial charge in [-0.15, -0.1) is 10.2 Å². The third-order valence-corrected chi connectivity index (χ3v) is 4.03. The van der Waals surface area contributed by atoms with Crippen molar-refractivity contribution in [1.29, 1.82) is 0 Å². The van der Waals surface area contributed by atoms with Crippen LogP contribution in [0.15, 0.2) is 37.3 Å². The molecule has 0 aliphatic carbocycles. The molecule has 1 atom stereocenters. The lowest BCUT2D eigenvalue weighted by Gasteiger charge is -2.35. The van der Waals surface area contributed by atoms with Gasteiger partial charge in [-0.05, 0) is 6.42 Å². The highest BCUT2D eigenvalue weighted by atomic mass is 15.4. The number of hydrogen-bond donors (Lipinski definition) is 3. The number of H-pyrrole nitrogens is 1. The van der Waals surface area contributed by atoms with Gasteiger partial charge in [-0.1, -0.05) is 6.92 Å². The lowest BCUT2D eigenvalue weighted by atomic mass is 10.1. The second-order valence-electron chi connectivity index (χ2n) is 5.48. The topological polar surface area (TPSA) is 112 Å². The van der Waals surface area contributed by atoms with Crippen molar-refractivity contribution in [3.05, 3.63) is 43.1 Å². The molecule has 1 aliphatic rings. The van der Waals surface area contributed by atoms with E-state index in [0.717, 1.165) is 29.4 Å². The summed E-state index contributed by atoms with van der Waals surface area (Å²) in [5, 5.41) is 21.3. The van der Waals surface area contributed by atoms with Crippen LogP contribution in [0.4, 0.5) is 17.5 Å². The second-order valence-corrected chi connectivity index (χ2v) is 5.48. The summed E-state index contributed by atoms with van der Waals surface area (Å²) in [5.74, 6) is 2.14. The van der Waals surface area contributed by atoms with Crippen LogP contribution in [0.3, 0.4) is 0 Å². The monoisotopic (exact) mass is 338 g/mol. The van der Waals surface area contributed by atoms with E-state index < -0.39 is 0 Å². The number of aromatic nitrogens is 7. The van der Waals surface area contributed by atoms with Gasteiger partial charge in [0.1, 0.15) is 12.0 Å². The number of nitrogens with zero attached hydrogens (tertiary/aromatic N) is 7. The number of rotatable bonds is 5. The van der Waals surface area contributed by atoms with Gasteiger partial charge in [0.25, 0.3) is 0 Å². The zero-order valence-corrected chi connectivity index (χ0v) is 13.9. The summed E-state index contributed by atoms with van der Waals surface area (Å²) in [5.41, 5.74) is 1.74. The van der Waals surface area contributed by atoms with Crippen LogP contribution >= 0.6 is 0 Å². The molecule has 128 valence electrons. The minimum atomic E-state index is 0.00296. The Kier molecular flexibility index (Phi) is 3.77. The highest BCUT2D eigenvalue weighted by Gasteiger charge is 2.35. The molecule has 0 saturated carbocycles. The molecule has 0 bridgehead atoms. The van der Waals surface area contributed by atoms with Crippen LogP contribution in [0.25, 0.3) is 5.69 Å². The van der Waals surface area contributed by atoms with Gasteiger partial charge in [0, 0.05) is 25.6 Å². The third kappa shape index (κ3) is 2.47. The molecule has 3 N–H and O–H groups in total. The van der Waals surface area contributed by atoms with E-state index in [2.05, 4.69) is 47.8 Å². The second kappa shape index (κ2) is 6.23. The Labute approximate surface area is 144 Å². The van der Waals surface area contributed by atoms with Crippen molar-refractivity contribution < 1.29 is 0 Å². The van der Waals surface area contributed by atoms with E-state index in [1.54, 1.807) is 31.1 Å². The molecule has 1 unspecified atom stereocenters. The van der Waals surface area contributed by atoms with Crippen molar-refractivity contribution in [3.8, 4) is 5.69 Å². The molecule has 1 aliphatic heterocycles. The van der Waals surface area contributed by atoms with Crippen molar-refractivity contribution in [2.75, 3.05) is 17.3 Å². The maximum absolute atomic E-state index is 4.71. The summed E-state index contributed by atoms with van der Waals surface area (Å²) >= 11 is 0. The molecule has 0 amide bonds. The maximum Gasteiger partial charge on any atom is 0.228 e. The predicted molar refractivity (Wildman–Crippen MR) is 92.5 cm³/mol. The van der Waals surface area contributed by atoms with Gasteiger partial charge in [0.05, 0.1) is 24.1 Å². The minimum absolute atomic E-state index is 0.00296. The number of hydrogen-bond acceptors (Lipinski definition) is 8. The first kappa shape index (κ1) is 15.1. The van der Waals surface area contributed by atoms with Crippen LogP contribution < -0.4 is 15.5 Å². The van der Waals surface area contributed by atoms with Crippen LogP contribution in [0, 0.1) is 0 Å². The van der Waals surface area contributed by atoms with Crippen LogP contribution in [0.1, 0.15) is 25.2 Å². The van der Waals surface area contributed by atoms with Crippen LogP contribution in [-0.4, -0.2) is 42.0 Å². The standard InChI is InChI=1S/C15H18N10/c1-3-11-14-23-21-9-24(14)12-8-18-15(17-5-4-16-2)22-13(12)25(11)10-6-19-20-7-10/h4-9,11,16H,3H2,1-2H3,(H,19,20)(H,17,18,22)/b5-4-. The fourth-order valence-corrected chi connectivity index (χ4v) is 2.95. The predicted octanol–water partition coefficient (Wildman–Crippen LogP) is 1.49. The first-order valence-electron chi connectivity index (χ1n) is 7.97. The van der Waals surface area contributed by atoms with Gasteiger partial charge < -0.3 is 15.5 Å². The molecule has 0 radical (unpaired) electrons. The normalized spacial score (nSPS) is 15.9. The van der Waals surface area contributed by atoms with Gasteiger partial charge in [0.15, 0.2) is 11.6 Å². The van der Waals surface area contributed by atoms with Crippen LogP contribution in [0.2, 0.25) is 0 Å². The number of anilines is 3. The zero-order chi connectivity index (χ0) is 17.2. The van der Waals surface area contributed by atoms with Gasteiger partial charge in [-0.2, -0.15) is 10.1 Å². The highest BCUT2D eigenvalue weighted by molar-refractivity contribution is 5.71. The van der Waals surface area contributed by atoms with Crippen molar-refractivity contribution in [2.45, 2.75) is 19.4 Å². The van der Waals surface area contributed by atoms with Crippen molar-refractivity contribution in [2.24, 2.45) is 0 Å². The fourth-order valence-electron chi connectivity index (χ4n) is 2.95. The summed E-state index contributed by atoms with van der Waals surface area (Å²) in [4.78, 5) is 11.2. The first-order chi connectivity index (χ1) is 12.3. The quantitative estimate of drug-likeness (QED) is 0.641.